The Labute approximate surface area is 195 Å². The van der Waals surface area contributed by atoms with Gasteiger partial charge in [-0.05, 0) is 77.7 Å². The van der Waals surface area contributed by atoms with Gasteiger partial charge < -0.3 is 14.9 Å². The first-order chi connectivity index (χ1) is 15.5. The maximum atomic E-state index is 12.7. The van der Waals surface area contributed by atoms with Crippen molar-refractivity contribution in [2.24, 2.45) is 0 Å². The lowest BCUT2D eigenvalue weighted by atomic mass is 10.1. The number of H-pyrrole nitrogens is 1. The van der Waals surface area contributed by atoms with Crippen LogP contribution >= 0.6 is 15.9 Å². The molecule has 0 spiro atoms. The second-order valence-corrected chi connectivity index (χ2v) is 8.50. The monoisotopic (exact) mass is 486 g/mol. The van der Waals surface area contributed by atoms with Crippen LogP contribution < -0.4 is 5.32 Å². The van der Waals surface area contributed by atoms with Crippen molar-refractivity contribution in [3.8, 4) is 11.8 Å². The molecule has 32 heavy (non-hydrogen) atoms. The van der Waals surface area contributed by atoms with E-state index < -0.39 is 0 Å². The number of hydrogen-bond donors (Lipinski definition) is 2. The van der Waals surface area contributed by atoms with E-state index in [1.165, 1.54) is 0 Å². The molecule has 5 nitrogen and oxygen atoms in total. The van der Waals surface area contributed by atoms with E-state index in [1.807, 2.05) is 68.6 Å². The predicted octanol–water partition coefficient (Wildman–Crippen LogP) is 5.60. The number of nitriles is 1. The van der Waals surface area contributed by atoms with E-state index >= 15 is 0 Å². The summed E-state index contributed by atoms with van der Waals surface area (Å²) in [6.07, 6.45) is 4.32. The molecule has 0 atom stereocenters. The van der Waals surface area contributed by atoms with Crippen molar-refractivity contribution in [3.63, 3.8) is 0 Å². The quantitative estimate of drug-likeness (QED) is 0.274. The van der Waals surface area contributed by atoms with Gasteiger partial charge in [-0.15, -0.1) is 0 Å². The van der Waals surface area contributed by atoms with Gasteiger partial charge in [-0.25, -0.2) is 0 Å². The first-order valence-corrected chi connectivity index (χ1v) is 11.2. The van der Waals surface area contributed by atoms with Crippen molar-refractivity contribution in [1.82, 2.24) is 14.9 Å². The third-order valence-corrected chi connectivity index (χ3v) is 6.25. The Bertz CT molecular complexity index is 1370. The third kappa shape index (κ3) is 4.25. The smallest absolute Gasteiger partial charge is 0.261 e. The summed E-state index contributed by atoms with van der Waals surface area (Å²) in [7, 11) is 0. The minimum Gasteiger partial charge on any atom is -0.361 e. The Balaban J connectivity index is 1.50. The molecule has 0 radical (unpaired) electrons. The Hall–Kier alpha value is -3.56. The molecule has 0 aliphatic rings. The molecule has 2 aromatic carbocycles. The highest BCUT2D eigenvalue weighted by molar-refractivity contribution is 9.10. The van der Waals surface area contributed by atoms with E-state index in [4.69, 9.17) is 0 Å². The van der Waals surface area contributed by atoms with Crippen molar-refractivity contribution in [2.75, 3.05) is 6.54 Å². The summed E-state index contributed by atoms with van der Waals surface area (Å²) in [5.74, 6) is -0.363. The summed E-state index contributed by atoms with van der Waals surface area (Å²) in [5.41, 5.74) is 6.17. The van der Waals surface area contributed by atoms with Crippen molar-refractivity contribution < 1.29 is 4.79 Å². The molecule has 160 valence electrons. The van der Waals surface area contributed by atoms with Gasteiger partial charge in [0.2, 0.25) is 0 Å². The summed E-state index contributed by atoms with van der Waals surface area (Å²) >= 11 is 3.60. The fraction of sp³-hybridized carbons (Fsp3) is 0.154. The van der Waals surface area contributed by atoms with Gasteiger partial charge in [0.15, 0.2) is 0 Å². The van der Waals surface area contributed by atoms with Gasteiger partial charge in [0.1, 0.15) is 11.6 Å². The van der Waals surface area contributed by atoms with Crippen LogP contribution in [0.2, 0.25) is 0 Å². The molecule has 0 bridgehead atoms. The summed E-state index contributed by atoms with van der Waals surface area (Å²) < 4.78 is 3.09. The molecule has 6 heteroatoms. The lowest BCUT2D eigenvalue weighted by Crippen LogP contribution is -2.26. The molecule has 2 aromatic heterocycles. The number of halogens is 1. The van der Waals surface area contributed by atoms with Crippen LogP contribution in [0.1, 0.15) is 22.5 Å². The van der Waals surface area contributed by atoms with Crippen molar-refractivity contribution in [2.45, 2.75) is 20.3 Å². The molecule has 4 aromatic rings. The minimum absolute atomic E-state index is 0.0938. The Kier molecular flexibility index (Phi) is 6.29. The first-order valence-electron chi connectivity index (χ1n) is 10.4. The largest absolute Gasteiger partial charge is 0.361 e. The van der Waals surface area contributed by atoms with E-state index in [0.29, 0.717) is 13.0 Å². The lowest BCUT2D eigenvalue weighted by Gasteiger charge is -2.11. The van der Waals surface area contributed by atoms with Crippen LogP contribution in [-0.4, -0.2) is 22.0 Å². The number of amides is 1. The number of benzene rings is 2. The Morgan fingerprint density at radius 3 is 2.72 bits per heavy atom. The standard InChI is InChI=1S/C26H23BrN4O/c1-17-13-20(18(2)31(17)25-10-6-4-8-23(25)27)14-21(15-28)26(32)29-12-11-19-16-30-24-9-5-3-7-22(19)24/h3-10,13-14,16,30H,11-12H2,1-2H3,(H,29,32)/b21-14+. The number of fused-ring (bicyclic) bond motifs is 1. The molecule has 0 unspecified atom stereocenters. The number of rotatable bonds is 6. The zero-order chi connectivity index (χ0) is 22.7. The zero-order valence-electron chi connectivity index (χ0n) is 17.9. The second kappa shape index (κ2) is 9.29. The molecule has 2 N–H and O–H groups in total. The van der Waals surface area contributed by atoms with Crippen LogP contribution in [0.5, 0.6) is 0 Å². The summed E-state index contributed by atoms with van der Waals surface area (Å²) in [6, 6.07) is 20.1. The van der Waals surface area contributed by atoms with E-state index in [0.717, 1.165) is 43.6 Å². The topological polar surface area (TPSA) is 73.6 Å². The van der Waals surface area contributed by atoms with Crippen molar-refractivity contribution in [3.05, 3.63) is 93.4 Å². The zero-order valence-corrected chi connectivity index (χ0v) is 19.5. The van der Waals surface area contributed by atoms with Crippen LogP contribution in [-0.2, 0) is 11.2 Å². The van der Waals surface area contributed by atoms with Gasteiger partial charge >= 0.3 is 0 Å². The molecule has 0 aliphatic carbocycles. The maximum absolute atomic E-state index is 12.7. The van der Waals surface area contributed by atoms with Crippen LogP contribution in [0.3, 0.4) is 0 Å². The van der Waals surface area contributed by atoms with E-state index in [9.17, 15) is 10.1 Å². The minimum atomic E-state index is -0.363. The average molecular weight is 487 g/mol. The third-order valence-electron chi connectivity index (χ3n) is 5.58. The van der Waals surface area contributed by atoms with Gasteiger partial charge in [0, 0.05) is 39.5 Å². The summed E-state index contributed by atoms with van der Waals surface area (Å²) in [6.45, 7) is 4.45. The maximum Gasteiger partial charge on any atom is 0.261 e. The fourth-order valence-electron chi connectivity index (χ4n) is 3.99. The SMILES string of the molecule is Cc1cc(/C=C(\C#N)C(=O)NCCc2c[nH]c3ccccc23)c(C)n1-c1ccccc1Br. The van der Waals surface area contributed by atoms with E-state index in [1.54, 1.807) is 6.08 Å². The van der Waals surface area contributed by atoms with Gasteiger partial charge in [-0.2, -0.15) is 5.26 Å². The number of nitrogens with one attached hydrogen (secondary N) is 2. The van der Waals surface area contributed by atoms with Gasteiger partial charge in [-0.3, -0.25) is 4.79 Å². The van der Waals surface area contributed by atoms with Crippen LogP contribution in [0, 0.1) is 25.2 Å². The average Bonchev–Trinajstić information content (AvgIpc) is 3.32. The highest BCUT2D eigenvalue weighted by Gasteiger charge is 2.15. The number of hydrogen-bond acceptors (Lipinski definition) is 2. The fourth-order valence-corrected chi connectivity index (χ4v) is 4.45. The van der Waals surface area contributed by atoms with E-state index in [2.05, 4.69) is 42.9 Å². The molecule has 1 amide bonds. The molecule has 0 aliphatic heterocycles. The number of aryl methyl sites for hydroxylation is 1. The number of aromatic nitrogens is 2. The molecule has 0 saturated carbocycles. The van der Waals surface area contributed by atoms with Gasteiger partial charge in [0.25, 0.3) is 5.91 Å². The molecule has 2 heterocycles. The normalized spacial score (nSPS) is 11.5. The molecule has 0 fully saturated rings. The Morgan fingerprint density at radius 1 is 1.19 bits per heavy atom. The highest BCUT2D eigenvalue weighted by Crippen LogP contribution is 2.27. The number of para-hydroxylation sites is 2. The lowest BCUT2D eigenvalue weighted by molar-refractivity contribution is -0.117. The Morgan fingerprint density at radius 2 is 1.94 bits per heavy atom. The predicted molar refractivity (Wildman–Crippen MR) is 132 cm³/mol. The van der Waals surface area contributed by atoms with Gasteiger partial charge in [0.05, 0.1) is 5.69 Å². The highest BCUT2D eigenvalue weighted by atomic mass is 79.9. The number of aromatic amines is 1. The van der Waals surface area contributed by atoms with Gasteiger partial charge in [-0.1, -0.05) is 30.3 Å². The summed E-state index contributed by atoms with van der Waals surface area (Å²) in [4.78, 5) is 15.9. The number of carbonyl (C=O) groups excluding carboxylic acids is 1. The molecular weight excluding hydrogens is 464 g/mol. The number of nitrogens with zero attached hydrogens (tertiary/aromatic N) is 2. The van der Waals surface area contributed by atoms with Crippen LogP contribution in [0.15, 0.2) is 70.8 Å². The van der Waals surface area contributed by atoms with Crippen LogP contribution in [0.4, 0.5) is 0 Å². The van der Waals surface area contributed by atoms with E-state index in [-0.39, 0.29) is 11.5 Å². The molecular formula is C26H23BrN4O. The molecule has 4 rings (SSSR count). The van der Waals surface area contributed by atoms with Crippen molar-refractivity contribution in [1.29, 1.82) is 5.26 Å². The molecule has 0 saturated heterocycles. The number of carbonyl (C=O) groups is 1. The first kappa shape index (κ1) is 21.7. The van der Waals surface area contributed by atoms with Crippen LogP contribution in [0.25, 0.3) is 22.7 Å². The summed E-state index contributed by atoms with van der Waals surface area (Å²) in [5, 5.41) is 13.6. The second-order valence-electron chi connectivity index (χ2n) is 7.65. The van der Waals surface area contributed by atoms with Crippen molar-refractivity contribution >= 4 is 38.8 Å².